The Bertz CT molecular complexity index is 814. The van der Waals surface area contributed by atoms with Gasteiger partial charge in [0.15, 0.2) is 11.5 Å². The summed E-state index contributed by atoms with van der Waals surface area (Å²) in [6.45, 7) is 1.74. The van der Waals surface area contributed by atoms with Crippen LogP contribution in [-0.4, -0.2) is 56.7 Å². The highest BCUT2D eigenvalue weighted by molar-refractivity contribution is 5.93. The maximum atomic E-state index is 12.3. The number of carbonyl (C=O) groups is 2. The van der Waals surface area contributed by atoms with E-state index in [0.717, 1.165) is 18.4 Å². The minimum absolute atomic E-state index is 0.0310. The molecule has 8 nitrogen and oxygen atoms in total. The number of carbonyl (C=O) groups excluding carboxylic acids is 2. The highest BCUT2D eigenvalue weighted by Crippen LogP contribution is 2.27. The Morgan fingerprint density at radius 2 is 1.90 bits per heavy atom. The molecule has 1 aliphatic rings. The summed E-state index contributed by atoms with van der Waals surface area (Å²) in [5.41, 5.74) is 1.61. The normalized spacial score (nSPS) is 14.3. The van der Waals surface area contributed by atoms with Gasteiger partial charge in [-0.1, -0.05) is 6.07 Å². The predicted molar refractivity (Wildman–Crippen MR) is 107 cm³/mol. The molecule has 3 rings (SSSR count). The number of benzene rings is 1. The van der Waals surface area contributed by atoms with E-state index in [0.29, 0.717) is 43.1 Å². The van der Waals surface area contributed by atoms with Crippen molar-refractivity contribution in [3.05, 3.63) is 47.9 Å². The Morgan fingerprint density at radius 3 is 2.55 bits per heavy atom. The lowest BCUT2D eigenvalue weighted by Gasteiger charge is -2.32. The quantitative estimate of drug-likeness (QED) is 0.743. The molecule has 0 saturated carbocycles. The lowest BCUT2D eigenvalue weighted by atomic mass is 10.0. The van der Waals surface area contributed by atoms with Crippen molar-refractivity contribution in [3.8, 4) is 11.5 Å². The number of hydrogen-bond donors (Lipinski definition) is 2. The van der Waals surface area contributed by atoms with Crippen LogP contribution in [-0.2, 0) is 6.42 Å². The van der Waals surface area contributed by atoms with Crippen molar-refractivity contribution < 1.29 is 23.5 Å². The first kappa shape index (κ1) is 20.6. The predicted octanol–water partition coefficient (Wildman–Crippen LogP) is 2.44. The monoisotopic (exact) mass is 401 g/mol. The van der Waals surface area contributed by atoms with Crippen LogP contribution in [0.15, 0.2) is 41.2 Å². The molecule has 0 radical (unpaired) electrons. The number of hydrogen-bond acceptors (Lipinski definition) is 5. The molecular weight excluding hydrogens is 374 g/mol. The van der Waals surface area contributed by atoms with Crippen molar-refractivity contribution in [3.63, 3.8) is 0 Å². The van der Waals surface area contributed by atoms with Gasteiger partial charge in [0.2, 0.25) is 0 Å². The minimum Gasteiger partial charge on any atom is -0.493 e. The first-order valence-electron chi connectivity index (χ1n) is 9.67. The first-order valence-corrected chi connectivity index (χ1v) is 9.67. The van der Waals surface area contributed by atoms with Crippen LogP contribution in [0.4, 0.5) is 4.79 Å². The van der Waals surface area contributed by atoms with Crippen molar-refractivity contribution in [1.29, 1.82) is 0 Å². The second-order valence-corrected chi connectivity index (χ2v) is 6.92. The highest BCUT2D eigenvalue weighted by atomic mass is 16.5. The fourth-order valence-electron chi connectivity index (χ4n) is 3.39. The standard InChI is InChI=1S/C21H27N3O5/c1-27-18-4-3-15(13-19(18)28-2)5-9-22-21(26)23-17-6-10-24(11-7-17)20(25)16-8-12-29-14-16/h3-4,8,12-14,17H,5-7,9-11H2,1-2H3,(H2,22,23,26). The van der Waals surface area contributed by atoms with E-state index in [1.54, 1.807) is 25.2 Å². The average molecular weight is 401 g/mol. The maximum Gasteiger partial charge on any atom is 0.315 e. The van der Waals surface area contributed by atoms with E-state index in [2.05, 4.69) is 10.6 Å². The number of methoxy groups -OCH3 is 2. The van der Waals surface area contributed by atoms with Crippen LogP contribution in [0.5, 0.6) is 11.5 Å². The van der Waals surface area contributed by atoms with E-state index in [-0.39, 0.29) is 18.0 Å². The van der Waals surface area contributed by atoms with Crippen molar-refractivity contribution in [2.24, 2.45) is 0 Å². The molecule has 1 saturated heterocycles. The Kier molecular flexibility index (Phi) is 6.99. The molecule has 1 aromatic heterocycles. The molecule has 1 fully saturated rings. The molecule has 29 heavy (non-hydrogen) atoms. The number of urea groups is 1. The van der Waals surface area contributed by atoms with E-state index in [9.17, 15) is 9.59 Å². The number of ether oxygens (including phenoxy) is 2. The third-order valence-corrected chi connectivity index (χ3v) is 5.03. The van der Waals surface area contributed by atoms with Gasteiger partial charge in [-0.2, -0.15) is 0 Å². The van der Waals surface area contributed by atoms with E-state index in [4.69, 9.17) is 13.9 Å². The Morgan fingerprint density at radius 1 is 1.14 bits per heavy atom. The summed E-state index contributed by atoms with van der Waals surface area (Å²) >= 11 is 0. The summed E-state index contributed by atoms with van der Waals surface area (Å²) in [5, 5.41) is 5.87. The zero-order chi connectivity index (χ0) is 20.6. The first-order chi connectivity index (χ1) is 14.1. The molecule has 1 aromatic carbocycles. The summed E-state index contributed by atoms with van der Waals surface area (Å²) in [6, 6.07) is 7.25. The van der Waals surface area contributed by atoms with Gasteiger partial charge in [0, 0.05) is 25.7 Å². The molecule has 0 unspecified atom stereocenters. The Labute approximate surface area is 170 Å². The van der Waals surface area contributed by atoms with Crippen molar-refractivity contribution in [1.82, 2.24) is 15.5 Å². The van der Waals surface area contributed by atoms with Crippen LogP contribution < -0.4 is 20.1 Å². The van der Waals surface area contributed by atoms with Gasteiger partial charge >= 0.3 is 6.03 Å². The molecule has 0 aliphatic carbocycles. The molecule has 1 aliphatic heterocycles. The van der Waals surface area contributed by atoms with Crippen LogP contribution >= 0.6 is 0 Å². The van der Waals surface area contributed by atoms with Gasteiger partial charge in [-0.25, -0.2) is 4.79 Å². The molecule has 8 heteroatoms. The number of nitrogens with one attached hydrogen (secondary N) is 2. The maximum absolute atomic E-state index is 12.3. The second kappa shape index (κ2) is 9.86. The van der Waals surface area contributed by atoms with Crippen LogP contribution in [0, 0.1) is 0 Å². The number of amides is 3. The molecular formula is C21H27N3O5. The lowest BCUT2D eigenvalue weighted by molar-refractivity contribution is 0.0707. The zero-order valence-electron chi connectivity index (χ0n) is 16.8. The number of rotatable bonds is 7. The molecule has 2 N–H and O–H groups in total. The summed E-state index contributed by atoms with van der Waals surface area (Å²) in [4.78, 5) is 26.3. The van der Waals surface area contributed by atoms with Gasteiger partial charge in [-0.15, -0.1) is 0 Å². The fraction of sp³-hybridized carbons (Fsp3) is 0.429. The summed E-state index contributed by atoms with van der Waals surface area (Å²) in [7, 11) is 3.20. The number of furan rings is 1. The van der Waals surface area contributed by atoms with Crippen LogP contribution in [0.25, 0.3) is 0 Å². The van der Waals surface area contributed by atoms with Crippen molar-refractivity contribution >= 4 is 11.9 Å². The van der Waals surface area contributed by atoms with Gasteiger partial charge in [0.05, 0.1) is 26.0 Å². The van der Waals surface area contributed by atoms with E-state index in [1.807, 2.05) is 18.2 Å². The molecule has 2 aromatic rings. The third-order valence-electron chi connectivity index (χ3n) is 5.03. The van der Waals surface area contributed by atoms with Crippen LogP contribution in [0.2, 0.25) is 0 Å². The van der Waals surface area contributed by atoms with E-state index < -0.39 is 0 Å². The van der Waals surface area contributed by atoms with Gasteiger partial charge < -0.3 is 29.4 Å². The van der Waals surface area contributed by atoms with Gasteiger partial charge in [0.25, 0.3) is 5.91 Å². The molecule has 0 atom stereocenters. The summed E-state index contributed by atoms with van der Waals surface area (Å²) in [5.74, 6) is 1.32. The fourth-order valence-corrected chi connectivity index (χ4v) is 3.39. The SMILES string of the molecule is COc1ccc(CCNC(=O)NC2CCN(C(=O)c3ccoc3)CC2)cc1OC. The largest absolute Gasteiger partial charge is 0.493 e. The molecule has 156 valence electrons. The number of piperidine rings is 1. The Balaban J connectivity index is 1.38. The molecule has 2 heterocycles. The molecule has 3 amide bonds. The summed E-state index contributed by atoms with van der Waals surface area (Å²) < 4.78 is 15.5. The molecule has 0 bridgehead atoms. The zero-order valence-corrected chi connectivity index (χ0v) is 16.8. The smallest absolute Gasteiger partial charge is 0.315 e. The van der Waals surface area contributed by atoms with Crippen molar-refractivity contribution in [2.45, 2.75) is 25.3 Å². The number of nitrogens with zero attached hydrogens (tertiary/aromatic N) is 1. The van der Waals surface area contributed by atoms with Gasteiger partial charge in [-0.05, 0) is 43.0 Å². The van der Waals surface area contributed by atoms with E-state index >= 15 is 0 Å². The van der Waals surface area contributed by atoms with Gasteiger partial charge in [-0.3, -0.25) is 4.79 Å². The molecule has 0 spiro atoms. The Hall–Kier alpha value is -3.16. The summed E-state index contributed by atoms with van der Waals surface area (Å²) in [6.07, 6.45) is 5.09. The van der Waals surface area contributed by atoms with Crippen molar-refractivity contribution in [2.75, 3.05) is 33.9 Å². The highest BCUT2D eigenvalue weighted by Gasteiger charge is 2.25. The van der Waals surface area contributed by atoms with Crippen LogP contribution in [0.1, 0.15) is 28.8 Å². The number of likely N-dealkylation sites (tertiary alicyclic amines) is 1. The van der Waals surface area contributed by atoms with E-state index in [1.165, 1.54) is 12.5 Å². The van der Waals surface area contributed by atoms with Gasteiger partial charge in [0.1, 0.15) is 6.26 Å². The lowest BCUT2D eigenvalue weighted by Crippen LogP contribution is -2.49. The average Bonchev–Trinajstić information content (AvgIpc) is 3.28. The topological polar surface area (TPSA) is 93.0 Å². The van der Waals surface area contributed by atoms with Crippen LogP contribution in [0.3, 0.4) is 0 Å². The minimum atomic E-state index is -0.190. The third kappa shape index (κ3) is 5.43. The second-order valence-electron chi connectivity index (χ2n) is 6.92.